The molecule has 416 valence electrons. The van der Waals surface area contributed by atoms with Gasteiger partial charge in [0, 0.05) is 130 Å². The quantitative estimate of drug-likeness (QED) is 0.0976. The Morgan fingerprint density at radius 1 is 0.925 bits per heavy atom. The van der Waals surface area contributed by atoms with Crippen LogP contribution < -0.4 is 24.6 Å². The van der Waals surface area contributed by atoms with E-state index in [9.17, 15) is 29.5 Å². The number of nitriles is 1. The fraction of sp³-hybridized carbons (Fsp3) is 0.492. The number of anilines is 2. The minimum atomic E-state index is -1.05. The number of pyridine rings is 1. The van der Waals surface area contributed by atoms with Crippen LogP contribution in [0.4, 0.5) is 24.7 Å². The van der Waals surface area contributed by atoms with Crippen molar-refractivity contribution in [3.8, 4) is 47.3 Å². The molecule has 3 aromatic carbocycles. The molecule has 5 aromatic rings. The van der Waals surface area contributed by atoms with Gasteiger partial charge < -0.3 is 44.0 Å². The van der Waals surface area contributed by atoms with Gasteiger partial charge in [-0.3, -0.25) is 24.5 Å². The summed E-state index contributed by atoms with van der Waals surface area (Å²) in [6.45, 7) is 8.42. The number of rotatable bonds is 14. The zero-order valence-corrected chi connectivity index (χ0v) is 44.7. The molecule has 2 N–H and O–H groups in total. The lowest BCUT2D eigenvalue weighted by Crippen LogP contribution is -2.56. The second-order valence-electron chi connectivity index (χ2n) is 22.9. The van der Waals surface area contributed by atoms with Crippen molar-refractivity contribution in [1.29, 1.82) is 5.26 Å². The van der Waals surface area contributed by atoms with Gasteiger partial charge in [0.2, 0.25) is 23.6 Å². The second-order valence-corrected chi connectivity index (χ2v) is 22.9. The summed E-state index contributed by atoms with van der Waals surface area (Å²) < 4.78 is 61.4. The number of piperazine rings is 2. The highest BCUT2D eigenvalue weighted by Gasteiger charge is 2.47. The summed E-state index contributed by atoms with van der Waals surface area (Å²) in [5, 5.41) is 23.4. The van der Waals surface area contributed by atoms with E-state index in [1.54, 1.807) is 13.0 Å². The lowest BCUT2D eigenvalue weighted by atomic mass is 9.93. The summed E-state index contributed by atoms with van der Waals surface area (Å²) in [4.78, 5) is 77.7. The Kier molecular flexibility index (Phi) is 13.9. The van der Waals surface area contributed by atoms with Crippen LogP contribution in [0.5, 0.6) is 17.6 Å². The first-order valence-corrected chi connectivity index (χ1v) is 27.7. The number of imide groups is 1. The van der Waals surface area contributed by atoms with E-state index in [1.807, 2.05) is 26.8 Å². The van der Waals surface area contributed by atoms with Crippen molar-refractivity contribution in [2.24, 2.45) is 17.3 Å². The van der Waals surface area contributed by atoms with Crippen LogP contribution in [0.1, 0.15) is 79.8 Å². The zero-order chi connectivity index (χ0) is 55.7. The maximum Gasteiger partial charge on any atom is 0.319 e. The molecule has 6 fully saturated rings. The van der Waals surface area contributed by atoms with Gasteiger partial charge >= 0.3 is 6.01 Å². The smallest absolute Gasteiger partial charge is 0.319 e. The summed E-state index contributed by atoms with van der Waals surface area (Å²) in [5.74, 6) is -0.821. The number of hydrogen-bond donors (Lipinski definition) is 2. The third kappa shape index (κ3) is 9.82. The summed E-state index contributed by atoms with van der Waals surface area (Å²) in [6, 6.07) is 11.9. The van der Waals surface area contributed by atoms with Gasteiger partial charge in [0.05, 0.1) is 31.3 Å². The van der Waals surface area contributed by atoms with Gasteiger partial charge in [-0.15, -0.1) is 6.42 Å². The number of aromatic hydroxyl groups is 1. The number of methoxy groups -OCH3 is 1. The van der Waals surface area contributed by atoms with E-state index in [-0.39, 0.29) is 131 Å². The van der Waals surface area contributed by atoms with Gasteiger partial charge in [-0.1, -0.05) is 12.0 Å². The summed E-state index contributed by atoms with van der Waals surface area (Å²) in [6.07, 6.45) is 9.28. The predicted octanol–water partition coefficient (Wildman–Crippen LogP) is 5.95. The molecule has 80 heavy (non-hydrogen) atoms. The maximum atomic E-state index is 17.6. The lowest BCUT2D eigenvalue weighted by Gasteiger charge is -2.42. The minimum Gasteiger partial charge on any atom is -0.508 e. The van der Waals surface area contributed by atoms with Crippen LogP contribution in [-0.4, -0.2) is 167 Å². The number of phenols is 1. The first-order chi connectivity index (χ1) is 38.6. The van der Waals surface area contributed by atoms with E-state index >= 15 is 13.2 Å². The number of alkyl halides is 1. The first kappa shape index (κ1) is 52.9. The van der Waals surface area contributed by atoms with Crippen LogP contribution in [0.25, 0.3) is 32.9 Å². The number of phenolic OH excluding ortho intramolecular Hbond substituents is 1. The molecule has 5 saturated heterocycles. The Morgan fingerprint density at radius 2 is 1.69 bits per heavy atom. The predicted molar refractivity (Wildman–Crippen MR) is 289 cm³/mol. The fourth-order valence-electron chi connectivity index (χ4n) is 13.2. The molecule has 8 heterocycles. The van der Waals surface area contributed by atoms with E-state index in [0.717, 1.165) is 69.7 Å². The molecule has 6 atom stereocenters. The van der Waals surface area contributed by atoms with E-state index in [1.165, 1.54) is 36.3 Å². The maximum absolute atomic E-state index is 17.6. The number of benzene rings is 3. The normalized spacial score (nSPS) is 24.2. The van der Waals surface area contributed by atoms with E-state index in [0.29, 0.717) is 49.4 Å². The van der Waals surface area contributed by atoms with Crippen molar-refractivity contribution in [3.05, 3.63) is 70.8 Å². The number of nitrogens with zero attached hydrogens (tertiary/aromatic N) is 10. The average molecular weight is 1090 g/mol. The molecular formula is C59H62F3N11O7. The lowest BCUT2D eigenvalue weighted by molar-refractivity contribution is -0.137. The van der Waals surface area contributed by atoms with Crippen LogP contribution in [0.3, 0.4) is 0 Å². The highest BCUT2D eigenvalue weighted by molar-refractivity contribution is 6.06. The fourth-order valence-corrected chi connectivity index (χ4v) is 13.2. The standard InChI is InChI=1S/C59H62F3N11O7/c1-4-41-44(60)10-5-34-23-40(74)24-43(49(34)41)52-51(62)53-50(56(65-52)79-3)54(71-28-38-6-7-39(29-71)73(38)48(76)21-33(2)25-63)67-58(66-53)80-32-59(14-15-59)31-69-19-17-68(18-20-69)26-35-13-16-70(30-45(35)61)37-8-9-42-36(22-37)27-72(57(42)78)46-11-12-47(75)64-55(46)77/h1,5,8-10,22-24,33,35,38-39,45-46,74H,6-7,11-21,26-32H2,2-3H3,(H,64,75,77). The molecule has 18 nitrogen and oxygen atoms in total. The molecular weight excluding hydrogens is 1030 g/mol. The Balaban J connectivity index is 0.728. The van der Waals surface area contributed by atoms with Crippen molar-refractivity contribution in [3.63, 3.8) is 0 Å². The van der Waals surface area contributed by atoms with Crippen molar-refractivity contribution in [2.75, 3.05) is 89.0 Å². The molecule has 2 bridgehead atoms. The monoisotopic (exact) mass is 1090 g/mol. The third-order valence-electron chi connectivity index (χ3n) is 17.7. The molecule has 4 amide bonds. The molecule has 2 aromatic heterocycles. The van der Waals surface area contributed by atoms with Gasteiger partial charge in [0.15, 0.2) is 5.82 Å². The van der Waals surface area contributed by atoms with Crippen molar-refractivity contribution in [2.45, 2.75) is 89.1 Å². The van der Waals surface area contributed by atoms with Crippen molar-refractivity contribution in [1.82, 2.24) is 39.9 Å². The first-order valence-electron chi connectivity index (χ1n) is 27.7. The Morgan fingerprint density at radius 3 is 2.39 bits per heavy atom. The van der Waals surface area contributed by atoms with Crippen molar-refractivity contribution < 1.29 is 46.9 Å². The van der Waals surface area contributed by atoms with Crippen LogP contribution in [0.2, 0.25) is 0 Å². The molecule has 0 radical (unpaired) electrons. The minimum absolute atomic E-state index is 0.0236. The summed E-state index contributed by atoms with van der Waals surface area (Å²) in [5.41, 5.74) is 1.41. The van der Waals surface area contributed by atoms with Gasteiger partial charge in [0.1, 0.15) is 46.2 Å². The van der Waals surface area contributed by atoms with Gasteiger partial charge in [-0.25, -0.2) is 18.2 Å². The Labute approximate surface area is 460 Å². The van der Waals surface area contributed by atoms with Crippen LogP contribution >= 0.6 is 0 Å². The van der Waals surface area contributed by atoms with Crippen molar-refractivity contribution >= 4 is 56.8 Å². The Hall–Kier alpha value is -7.75. The molecule has 7 aliphatic rings. The molecule has 1 saturated carbocycles. The molecule has 12 rings (SSSR count). The number of piperidine rings is 2. The topological polar surface area (TPSA) is 201 Å². The molecule has 6 aliphatic heterocycles. The number of carbonyl (C=O) groups excluding carboxylic acids is 4. The van der Waals surface area contributed by atoms with Crippen LogP contribution in [-0.2, 0) is 20.9 Å². The number of nitrogens with one attached hydrogen (secondary N) is 1. The average Bonchev–Trinajstić information content (AvgIpc) is 4.21. The molecule has 1 aliphatic carbocycles. The largest absolute Gasteiger partial charge is 0.508 e. The van der Waals surface area contributed by atoms with E-state index < -0.39 is 35.7 Å². The van der Waals surface area contributed by atoms with Crippen LogP contribution in [0.15, 0.2) is 42.5 Å². The molecule has 21 heteroatoms. The van der Waals surface area contributed by atoms with Gasteiger partial charge in [0.25, 0.3) is 5.91 Å². The highest BCUT2D eigenvalue weighted by atomic mass is 19.1. The number of amides is 4. The number of aromatic nitrogens is 3. The van der Waals surface area contributed by atoms with Gasteiger partial charge in [-0.05, 0) is 92.8 Å². The van der Waals surface area contributed by atoms with E-state index in [2.05, 4.69) is 32.1 Å². The molecule has 0 spiro atoms. The van der Waals surface area contributed by atoms with Gasteiger partial charge in [-0.2, -0.15) is 15.2 Å². The number of ether oxygens (including phenoxy) is 2. The molecule has 6 unspecified atom stereocenters. The van der Waals surface area contributed by atoms with E-state index in [4.69, 9.17) is 25.9 Å². The number of terminal acetylenes is 1. The zero-order valence-electron chi connectivity index (χ0n) is 44.7. The van der Waals surface area contributed by atoms with Crippen LogP contribution in [0, 0.1) is 52.6 Å². The highest BCUT2D eigenvalue weighted by Crippen LogP contribution is 2.48. The third-order valence-corrected chi connectivity index (χ3v) is 17.7. The number of carbonyl (C=O) groups is 4. The number of halogens is 3. The SMILES string of the molecule is C#Cc1c(F)ccc2cc(O)cc(-c3nc(OC)c4c(N5CC6CCC(C5)N6C(=O)CC(C)C#N)nc(OCC5(CN6CCN(CC7CCN(c8ccc9c(c8)CN(C8CCC(=O)NC8=O)C9=O)CC7F)CC6)CC5)nc4c3F)c12. The number of hydrogen-bond acceptors (Lipinski definition) is 15. The second kappa shape index (κ2) is 21.0. The summed E-state index contributed by atoms with van der Waals surface area (Å²) >= 11 is 0. The summed E-state index contributed by atoms with van der Waals surface area (Å²) in [7, 11) is 1.39. The number of fused-ring (bicyclic) bond motifs is 5. The Bertz CT molecular complexity index is 3440.